The number of para-hydroxylation sites is 1. The summed E-state index contributed by atoms with van der Waals surface area (Å²) in [4.78, 5) is 17.4. The molecule has 2 fully saturated rings. The first kappa shape index (κ1) is 14.1. The number of hydrogen-bond donors (Lipinski definition) is 0. The van der Waals surface area contributed by atoms with Crippen molar-refractivity contribution in [3.05, 3.63) is 35.0 Å². The van der Waals surface area contributed by atoms with E-state index in [1.807, 2.05) is 40.8 Å². The van der Waals surface area contributed by atoms with Crippen molar-refractivity contribution in [2.75, 3.05) is 26.2 Å². The summed E-state index contributed by atoms with van der Waals surface area (Å²) >= 11 is 6.49. The van der Waals surface area contributed by atoms with E-state index in [-0.39, 0.29) is 5.91 Å². The minimum atomic E-state index is 0.0548. The second kappa shape index (κ2) is 5.28. The predicted molar refractivity (Wildman–Crippen MR) is 88.4 cm³/mol. The first-order chi connectivity index (χ1) is 10.7. The van der Waals surface area contributed by atoms with Gasteiger partial charge < -0.3 is 9.47 Å². The molecule has 1 amide bonds. The highest BCUT2D eigenvalue weighted by Crippen LogP contribution is 2.31. The Hall–Kier alpha value is -1.52. The van der Waals surface area contributed by atoms with Crippen LogP contribution in [0.4, 0.5) is 0 Å². The standard InChI is InChI=1S/C17H20ClN3O/c1-19-14-5-3-2-4-13(14)15(18)16(19)17(22)21-10-8-20(9-11-21)12-6-7-12/h2-5,12H,6-11H2,1H3. The Kier molecular flexibility index (Phi) is 3.39. The number of aryl methyl sites for hydroxylation is 1. The Bertz CT molecular complexity index is 688. The molecule has 1 saturated heterocycles. The van der Waals surface area contributed by atoms with Gasteiger partial charge in [-0.05, 0) is 18.9 Å². The molecule has 1 saturated carbocycles. The third kappa shape index (κ3) is 2.22. The van der Waals surface area contributed by atoms with Crippen LogP contribution in [-0.4, -0.2) is 52.5 Å². The molecule has 0 N–H and O–H groups in total. The Morgan fingerprint density at radius 3 is 2.45 bits per heavy atom. The lowest BCUT2D eigenvalue weighted by atomic mass is 10.2. The van der Waals surface area contributed by atoms with Gasteiger partial charge in [0.05, 0.1) is 5.02 Å². The zero-order valence-electron chi connectivity index (χ0n) is 12.8. The number of piperazine rings is 1. The van der Waals surface area contributed by atoms with Crippen molar-refractivity contribution in [1.82, 2.24) is 14.4 Å². The van der Waals surface area contributed by atoms with E-state index in [9.17, 15) is 4.79 Å². The molecule has 0 atom stereocenters. The number of fused-ring (bicyclic) bond motifs is 1. The fraction of sp³-hybridized carbons (Fsp3) is 0.471. The fourth-order valence-corrected chi connectivity index (χ4v) is 3.83. The second-order valence-corrected chi connectivity index (χ2v) is 6.68. The minimum Gasteiger partial charge on any atom is -0.338 e. The van der Waals surface area contributed by atoms with E-state index in [0.29, 0.717) is 10.7 Å². The van der Waals surface area contributed by atoms with Crippen molar-refractivity contribution < 1.29 is 4.79 Å². The molecule has 0 unspecified atom stereocenters. The quantitative estimate of drug-likeness (QED) is 0.852. The SMILES string of the molecule is Cn1c(C(=O)N2CCN(C3CC3)CC2)c(Cl)c2ccccc21. The molecule has 0 bridgehead atoms. The van der Waals surface area contributed by atoms with Gasteiger partial charge in [-0.15, -0.1) is 0 Å². The summed E-state index contributed by atoms with van der Waals surface area (Å²) in [5.74, 6) is 0.0548. The summed E-state index contributed by atoms with van der Waals surface area (Å²) in [6, 6.07) is 8.68. The molecule has 5 heteroatoms. The maximum atomic E-state index is 12.9. The van der Waals surface area contributed by atoms with Crippen LogP contribution in [0.25, 0.3) is 10.9 Å². The molecule has 1 aromatic heterocycles. The smallest absolute Gasteiger partial charge is 0.272 e. The van der Waals surface area contributed by atoms with Crippen LogP contribution >= 0.6 is 11.6 Å². The van der Waals surface area contributed by atoms with Gasteiger partial charge in [-0.3, -0.25) is 9.69 Å². The number of benzene rings is 1. The van der Waals surface area contributed by atoms with Gasteiger partial charge in [0.1, 0.15) is 5.69 Å². The highest BCUT2D eigenvalue weighted by atomic mass is 35.5. The van der Waals surface area contributed by atoms with Crippen molar-refractivity contribution in [2.45, 2.75) is 18.9 Å². The van der Waals surface area contributed by atoms with Crippen LogP contribution in [-0.2, 0) is 7.05 Å². The van der Waals surface area contributed by atoms with Gasteiger partial charge in [-0.25, -0.2) is 0 Å². The number of hydrogen-bond acceptors (Lipinski definition) is 2. The number of nitrogens with zero attached hydrogens (tertiary/aromatic N) is 3. The van der Waals surface area contributed by atoms with Crippen LogP contribution in [0, 0.1) is 0 Å². The van der Waals surface area contributed by atoms with E-state index < -0.39 is 0 Å². The zero-order valence-corrected chi connectivity index (χ0v) is 13.5. The molecule has 1 aliphatic carbocycles. The summed E-state index contributed by atoms with van der Waals surface area (Å²) in [6.07, 6.45) is 2.64. The summed E-state index contributed by atoms with van der Waals surface area (Å²) in [5.41, 5.74) is 1.62. The molecule has 0 spiro atoms. The van der Waals surface area contributed by atoms with E-state index in [1.165, 1.54) is 12.8 Å². The van der Waals surface area contributed by atoms with Gasteiger partial charge in [0.2, 0.25) is 0 Å². The van der Waals surface area contributed by atoms with Crippen molar-refractivity contribution in [2.24, 2.45) is 7.05 Å². The topological polar surface area (TPSA) is 28.5 Å². The first-order valence-corrected chi connectivity index (χ1v) is 8.31. The van der Waals surface area contributed by atoms with Crippen molar-refractivity contribution in [1.29, 1.82) is 0 Å². The zero-order chi connectivity index (χ0) is 15.3. The number of aromatic nitrogens is 1. The Balaban J connectivity index is 1.60. The average Bonchev–Trinajstić information content (AvgIpc) is 3.36. The molecule has 1 aliphatic heterocycles. The normalized spacial score (nSPS) is 19.8. The van der Waals surface area contributed by atoms with Gasteiger partial charge in [0.15, 0.2) is 0 Å². The van der Waals surface area contributed by atoms with Crippen LogP contribution in [0.3, 0.4) is 0 Å². The fourth-order valence-electron chi connectivity index (χ4n) is 3.46. The second-order valence-electron chi connectivity index (χ2n) is 6.30. The molecular formula is C17H20ClN3O. The van der Waals surface area contributed by atoms with Crippen LogP contribution in [0.2, 0.25) is 5.02 Å². The van der Waals surface area contributed by atoms with E-state index >= 15 is 0 Å². The Labute approximate surface area is 135 Å². The van der Waals surface area contributed by atoms with Gasteiger partial charge in [-0.1, -0.05) is 29.8 Å². The monoisotopic (exact) mass is 317 g/mol. The number of halogens is 1. The van der Waals surface area contributed by atoms with Gasteiger partial charge in [0, 0.05) is 50.2 Å². The number of carbonyl (C=O) groups is 1. The molecule has 116 valence electrons. The first-order valence-electron chi connectivity index (χ1n) is 7.93. The highest BCUT2D eigenvalue weighted by molar-refractivity contribution is 6.38. The minimum absolute atomic E-state index is 0.0548. The third-order valence-corrected chi connectivity index (χ3v) is 5.30. The Morgan fingerprint density at radius 1 is 1.14 bits per heavy atom. The van der Waals surface area contributed by atoms with Gasteiger partial charge >= 0.3 is 0 Å². The lowest BCUT2D eigenvalue weighted by Gasteiger charge is -2.34. The predicted octanol–water partition coefficient (Wildman–Crippen LogP) is 2.75. The van der Waals surface area contributed by atoms with E-state index in [1.54, 1.807) is 0 Å². The van der Waals surface area contributed by atoms with Gasteiger partial charge in [-0.2, -0.15) is 0 Å². The Morgan fingerprint density at radius 2 is 1.82 bits per heavy atom. The molecule has 1 aromatic carbocycles. The molecule has 2 aromatic rings. The largest absolute Gasteiger partial charge is 0.338 e. The van der Waals surface area contributed by atoms with Crippen LogP contribution in [0.15, 0.2) is 24.3 Å². The highest BCUT2D eigenvalue weighted by Gasteiger charge is 2.33. The van der Waals surface area contributed by atoms with E-state index in [2.05, 4.69) is 4.90 Å². The molecule has 4 nitrogen and oxygen atoms in total. The molecule has 22 heavy (non-hydrogen) atoms. The van der Waals surface area contributed by atoms with Gasteiger partial charge in [0.25, 0.3) is 5.91 Å². The van der Waals surface area contributed by atoms with Crippen molar-refractivity contribution >= 4 is 28.4 Å². The summed E-state index contributed by atoms with van der Waals surface area (Å²) < 4.78 is 1.92. The summed E-state index contributed by atoms with van der Waals surface area (Å²) in [5, 5.41) is 1.53. The van der Waals surface area contributed by atoms with Crippen LogP contribution in [0.5, 0.6) is 0 Å². The van der Waals surface area contributed by atoms with E-state index in [0.717, 1.165) is 43.1 Å². The lowest BCUT2D eigenvalue weighted by molar-refractivity contribution is 0.0618. The molecular weight excluding hydrogens is 298 g/mol. The lowest BCUT2D eigenvalue weighted by Crippen LogP contribution is -2.49. The van der Waals surface area contributed by atoms with Crippen LogP contribution < -0.4 is 0 Å². The van der Waals surface area contributed by atoms with Crippen LogP contribution in [0.1, 0.15) is 23.3 Å². The summed E-state index contributed by atoms with van der Waals surface area (Å²) in [6.45, 7) is 3.57. The van der Waals surface area contributed by atoms with Crippen molar-refractivity contribution in [3.63, 3.8) is 0 Å². The van der Waals surface area contributed by atoms with E-state index in [4.69, 9.17) is 11.6 Å². The maximum absolute atomic E-state index is 12.9. The molecule has 4 rings (SSSR count). The maximum Gasteiger partial charge on any atom is 0.272 e. The number of carbonyl (C=O) groups excluding carboxylic acids is 1. The summed E-state index contributed by atoms with van der Waals surface area (Å²) in [7, 11) is 1.92. The molecule has 0 radical (unpaired) electrons. The molecule has 2 heterocycles. The molecule has 2 aliphatic rings. The third-order valence-electron chi connectivity index (χ3n) is 4.91. The number of amides is 1. The van der Waals surface area contributed by atoms with Crippen molar-refractivity contribution in [3.8, 4) is 0 Å². The average molecular weight is 318 g/mol. The number of rotatable bonds is 2.